The molecule has 1 aromatic carbocycles. The van der Waals surface area contributed by atoms with Crippen molar-refractivity contribution in [2.45, 2.75) is 40.2 Å². The number of rotatable bonds is 6. The van der Waals surface area contributed by atoms with Gasteiger partial charge in [-0.2, -0.15) is 5.10 Å². The molecule has 1 unspecified atom stereocenters. The summed E-state index contributed by atoms with van der Waals surface area (Å²) in [6, 6.07) is 8.33. The van der Waals surface area contributed by atoms with Crippen molar-refractivity contribution in [3.63, 3.8) is 0 Å². The van der Waals surface area contributed by atoms with Gasteiger partial charge in [0.1, 0.15) is 0 Å². The Balaban J connectivity index is 2.25. The summed E-state index contributed by atoms with van der Waals surface area (Å²) in [7, 11) is 0. The zero-order chi connectivity index (χ0) is 15.4. The van der Waals surface area contributed by atoms with Gasteiger partial charge in [-0.1, -0.05) is 48.0 Å². The highest BCUT2D eigenvalue weighted by Gasteiger charge is 2.17. The fraction of sp³-hybridized carbons (Fsp3) is 0.471. The summed E-state index contributed by atoms with van der Waals surface area (Å²) in [6.07, 6.45) is 0. The fourth-order valence-corrected chi connectivity index (χ4v) is 3.24. The van der Waals surface area contributed by atoms with E-state index in [0.29, 0.717) is 5.92 Å². The molecule has 114 valence electrons. The first-order valence-electron chi connectivity index (χ1n) is 7.52. The second kappa shape index (κ2) is 7.23. The van der Waals surface area contributed by atoms with E-state index in [4.69, 9.17) is 5.10 Å². The molecule has 0 saturated carbocycles. The number of hydrogen-bond donors (Lipinski definition) is 1. The molecule has 3 nitrogen and oxygen atoms in total. The van der Waals surface area contributed by atoms with E-state index in [9.17, 15) is 0 Å². The molecule has 2 aromatic rings. The lowest BCUT2D eigenvalue weighted by atomic mass is 9.99. The molecular weight excluding hydrogens is 326 g/mol. The third-order valence-corrected chi connectivity index (χ3v) is 4.68. The van der Waals surface area contributed by atoms with Gasteiger partial charge >= 0.3 is 0 Å². The van der Waals surface area contributed by atoms with Gasteiger partial charge < -0.3 is 5.32 Å². The Bertz CT molecular complexity index is 604. The first-order chi connectivity index (χ1) is 10.0. The maximum absolute atomic E-state index is 4.74. The summed E-state index contributed by atoms with van der Waals surface area (Å²) in [4.78, 5) is 0. The smallest absolute Gasteiger partial charge is 0.0673 e. The van der Waals surface area contributed by atoms with Crippen molar-refractivity contribution < 1.29 is 0 Å². The topological polar surface area (TPSA) is 29.9 Å². The predicted molar refractivity (Wildman–Crippen MR) is 91.9 cm³/mol. The highest BCUT2D eigenvalue weighted by atomic mass is 79.9. The molecule has 1 atom stereocenters. The van der Waals surface area contributed by atoms with Crippen molar-refractivity contribution in [3.8, 4) is 0 Å². The second-order valence-corrected chi connectivity index (χ2v) is 6.40. The van der Waals surface area contributed by atoms with E-state index in [0.717, 1.165) is 29.8 Å². The Kier molecular flexibility index (Phi) is 5.59. The third kappa shape index (κ3) is 3.74. The van der Waals surface area contributed by atoms with E-state index in [1.807, 2.05) is 6.07 Å². The summed E-state index contributed by atoms with van der Waals surface area (Å²) in [6.45, 7) is 11.5. The first kappa shape index (κ1) is 16.2. The van der Waals surface area contributed by atoms with Crippen molar-refractivity contribution in [2.24, 2.45) is 0 Å². The summed E-state index contributed by atoms with van der Waals surface area (Å²) in [5.41, 5.74) is 5.05. The molecule has 1 N–H and O–H groups in total. The van der Waals surface area contributed by atoms with Crippen LogP contribution in [0.5, 0.6) is 0 Å². The van der Waals surface area contributed by atoms with Crippen molar-refractivity contribution in [3.05, 3.63) is 51.3 Å². The van der Waals surface area contributed by atoms with Crippen LogP contribution < -0.4 is 5.32 Å². The van der Waals surface area contributed by atoms with E-state index in [-0.39, 0.29) is 0 Å². The zero-order valence-corrected chi connectivity index (χ0v) is 14.9. The second-order valence-electron chi connectivity index (χ2n) is 5.54. The molecule has 0 radical (unpaired) electrons. The number of aromatic nitrogens is 2. The molecule has 0 saturated heterocycles. The number of benzene rings is 1. The monoisotopic (exact) mass is 349 g/mol. The molecule has 2 rings (SSSR count). The van der Waals surface area contributed by atoms with Crippen molar-refractivity contribution in [1.82, 2.24) is 15.1 Å². The fourth-order valence-electron chi connectivity index (χ4n) is 2.83. The number of aryl methyl sites for hydroxylation is 1. The minimum Gasteiger partial charge on any atom is -0.316 e. The summed E-state index contributed by atoms with van der Waals surface area (Å²) >= 11 is 3.62. The molecule has 0 amide bonds. The van der Waals surface area contributed by atoms with Crippen LogP contribution in [-0.4, -0.2) is 22.9 Å². The molecule has 21 heavy (non-hydrogen) atoms. The highest BCUT2D eigenvalue weighted by Crippen LogP contribution is 2.24. The van der Waals surface area contributed by atoms with Gasteiger partial charge in [-0.25, -0.2) is 0 Å². The van der Waals surface area contributed by atoms with Gasteiger partial charge in [0.05, 0.1) is 12.2 Å². The van der Waals surface area contributed by atoms with Gasteiger partial charge in [-0.15, -0.1) is 0 Å². The molecule has 0 aliphatic carbocycles. The number of hydrogen-bond acceptors (Lipinski definition) is 2. The van der Waals surface area contributed by atoms with E-state index < -0.39 is 0 Å². The van der Waals surface area contributed by atoms with E-state index >= 15 is 0 Å². The predicted octanol–water partition coefficient (Wildman–Crippen LogP) is 4.02. The van der Waals surface area contributed by atoms with Gasteiger partial charge in [0.15, 0.2) is 0 Å². The van der Waals surface area contributed by atoms with E-state index in [1.54, 1.807) is 0 Å². The van der Waals surface area contributed by atoms with Gasteiger partial charge in [-0.05, 0) is 37.9 Å². The van der Waals surface area contributed by atoms with Crippen molar-refractivity contribution in [1.29, 1.82) is 0 Å². The van der Waals surface area contributed by atoms with E-state index in [1.165, 1.54) is 16.8 Å². The maximum Gasteiger partial charge on any atom is 0.0673 e. The van der Waals surface area contributed by atoms with Crippen LogP contribution >= 0.6 is 15.9 Å². The lowest BCUT2D eigenvalue weighted by Gasteiger charge is -2.13. The highest BCUT2D eigenvalue weighted by molar-refractivity contribution is 9.10. The van der Waals surface area contributed by atoms with Crippen LogP contribution in [0.1, 0.15) is 42.3 Å². The quantitative estimate of drug-likeness (QED) is 0.853. The molecule has 0 spiro atoms. The standard InChI is InChI=1S/C17H24BrN3/c1-5-19-10-12(2)17-13(3)20-21(14(17)4)11-15-8-6-7-9-16(15)18/h6-9,12,19H,5,10-11H2,1-4H3. The largest absolute Gasteiger partial charge is 0.316 e. The summed E-state index contributed by atoms with van der Waals surface area (Å²) in [5, 5.41) is 8.17. The van der Waals surface area contributed by atoms with Crippen LogP contribution in [0.2, 0.25) is 0 Å². The Labute approximate surface area is 135 Å². The Morgan fingerprint density at radius 3 is 2.67 bits per heavy atom. The van der Waals surface area contributed by atoms with Gasteiger partial charge in [0.25, 0.3) is 0 Å². The van der Waals surface area contributed by atoms with Crippen LogP contribution in [0.15, 0.2) is 28.7 Å². The van der Waals surface area contributed by atoms with Crippen LogP contribution in [0.3, 0.4) is 0 Å². The minimum atomic E-state index is 0.484. The lowest BCUT2D eigenvalue weighted by molar-refractivity contribution is 0.624. The third-order valence-electron chi connectivity index (χ3n) is 3.91. The van der Waals surface area contributed by atoms with Gasteiger partial charge in [-0.3, -0.25) is 4.68 Å². The number of nitrogens with one attached hydrogen (secondary N) is 1. The molecule has 0 bridgehead atoms. The van der Waals surface area contributed by atoms with Gasteiger partial charge in [0, 0.05) is 22.3 Å². The maximum atomic E-state index is 4.74. The number of likely N-dealkylation sites (N-methyl/N-ethyl adjacent to an activating group) is 1. The lowest BCUT2D eigenvalue weighted by Crippen LogP contribution is -2.20. The SMILES string of the molecule is CCNCC(C)c1c(C)nn(Cc2ccccc2Br)c1C. The normalized spacial score (nSPS) is 12.6. The molecule has 1 heterocycles. The summed E-state index contributed by atoms with van der Waals surface area (Å²) < 4.78 is 3.26. The minimum absolute atomic E-state index is 0.484. The average Bonchev–Trinajstić information content (AvgIpc) is 2.73. The van der Waals surface area contributed by atoms with Crippen LogP contribution in [0.4, 0.5) is 0 Å². The van der Waals surface area contributed by atoms with Crippen LogP contribution in [-0.2, 0) is 6.54 Å². The number of nitrogens with zero attached hydrogens (tertiary/aromatic N) is 2. The van der Waals surface area contributed by atoms with Crippen LogP contribution in [0.25, 0.3) is 0 Å². The molecular formula is C17H24BrN3. The Morgan fingerprint density at radius 1 is 1.29 bits per heavy atom. The molecule has 0 aliphatic heterocycles. The molecule has 4 heteroatoms. The molecule has 0 fully saturated rings. The zero-order valence-electron chi connectivity index (χ0n) is 13.3. The van der Waals surface area contributed by atoms with Crippen molar-refractivity contribution in [2.75, 3.05) is 13.1 Å². The van der Waals surface area contributed by atoms with Gasteiger partial charge in [0.2, 0.25) is 0 Å². The Hall–Kier alpha value is -1.13. The average molecular weight is 350 g/mol. The summed E-state index contributed by atoms with van der Waals surface area (Å²) in [5.74, 6) is 0.484. The Morgan fingerprint density at radius 2 is 2.00 bits per heavy atom. The molecule has 1 aromatic heterocycles. The first-order valence-corrected chi connectivity index (χ1v) is 8.31. The molecule has 0 aliphatic rings. The number of halogens is 1. The van der Waals surface area contributed by atoms with E-state index in [2.05, 4.69) is 71.8 Å². The van der Waals surface area contributed by atoms with Crippen molar-refractivity contribution >= 4 is 15.9 Å². The van der Waals surface area contributed by atoms with Crippen LogP contribution in [0, 0.1) is 13.8 Å².